The maximum absolute atomic E-state index is 11.7. The lowest BCUT2D eigenvalue weighted by molar-refractivity contribution is 0.135. The van der Waals surface area contributed by atoms with Gasteiger partial charge in [-0.25, -0.2) is 0 Å². The Morgan fingerprint density at radius 3 is 1.89 bits per heavy atom. The Morgan fingerprint density at radius 1 is 0.679 bits per heavy atom. The van der Waals surface area contributed by atoms with Crippen LogP contribution in [0.4, 0.5) is 5.69 Å². The molecule has 0 radical (unpaired) electrons. The maximum Gasteiger partial charge on any atom is 0.134 e. The molecule has 0 bridgehead atoms. The van der Waals surface area contributed by atoms with Crippen molar-refractivity contribution in [3.05, 3.63) is 108 Å². The Kier molecular flexibility index (Phi) is 5.59. The Balaban J connectivity index is 1.68. The molecule has 1 fully saturated rings. The highest BCUT2D eigenvalue weighted by atomic mass is 16.3. The molecule has 1 N–H and O–H groups in total. The predicted octanol–water partition coefficient (Wildman–Crippen LogP) is 5.63. The van der Waals surface area contributed by atoms with E-state index < -0.39 is 5.60 Å². The van der Waals surface area contributed by atoms with Gasteiger partial charge in [-0.15, -0.1) is 0 Å². The van der Waals surface area contributed by atoms with E-state index in [0.717, 1.165) is 29.8 Å². The van der Waals surface area contributed by atoms with E-state index in [1.54, 1.807) is 0 Å². The topological polar surface area (TPSA) is 23.5 Å². The molecule has 0 saturated carbocycles. The van der Waals surface area contributed by atoms with Crippen LogP contribution in [0.3, 0.4) is 0 Å². The van der Waals surface area contributed by atoms with Gasteiger partial charge in [0, 0.05) is 18.8 Å². The van der Waals surface area contributed by atoms with E-state index >= 15 is 0 Å². The number of rotatable bonds is 5. The Bertz CT molecular complexity index is 896. The molecule has 3 aromatic rings. The first-order valence-electron chi connectivity index (χ1n) is 10.1. The van der Waals surface area contributed by atoms with Gasteiger partial charge in [0.15, 0.2) is 0 Å². The lowest BCUT2D eigenvalue weighted by Crippen LogP contribution is -2.29. The van der Waals surface area contributed by atoms with Crippen LogP contribution in [-0.4, -0.2) is 18.2 Å². The van der Waals surface area contributed by atoms with Gasteiger partial charge in [0.2, 0.25) is 0 Å². The molecule has 0 aromatic heterocycles. The van der Waals surface area contributed by atoms with Gasteiger partial charge in [0.05, 0.1) is 0 Å². The average molecular weight is 370 g/mol. The SMILES string of the molecule is OC(C=Cc1ccccc1)(c1ccccc1)c1ccc(N2CCCCC2)cc1. The van der Waals surface area contributed by atoms with Crippen LogP contribution in [0, 0.1) is 0 Å². The van der Waals surface area contributed by atoms with Gasteiger partial charge < -0.3 is 10.0 Å². The van der Waals surface area contributed by atoms with Crippen LogP contribution in [0.25, 0.3) is 6.08 Å². The van der Waals surface area contributed by atoms with E-state index in [1.807, 2.05) is 72.8 Å². The van der Waals surface area contributed by atoms with Crippen molar-refractivity contribution >= 4 is 11.8 Å². The minimum Gasteiger partial charge on any atom is -0.377 e. The van der Waals surface area contributed by atoms with Crippen molar-refractivity contribution in [2.75, 3.05) is 18.0 Å². The minimum absolute atomic E-state index is 0.868. The summed E-state index contributed by atoms with van der Waals surface area (Å²) in [5, 5.41) is 11.7. The van der Waals surface area contributed by atoms with E-state index in [4.69, 9.17) is 0 Å². The third kappa shape index (κ3) is 4.02. The molecule has 4 rings (SSSR count). The highest BCUT2D eigenvalue weighted by Gasteiger charge is 2.28. The summed E-state index contributed by atoms with van der Waals surface area (Å²) >= 11 is 0. The van der Waals surface area contributed by atoms with Gasteiger partial charge in [-0.05, 0) is 54.2 Å². The van der Waals surface area contributed by atoms with Gasteiger partial charge in [-0.1, -0.05) is 78.9 Å². The molecule has 0 aliphatic carbocycles. The molecule has 0 spiro atoms. The van der Waals surface area contributed by atoms with Gasteiger partial charge in [0.25, 0.3) is 0 Å². The lowest BCUT2D eigenvalue weighted by atomic mass is 9.85. The molecule has 2 nitrogen and oxygen atoms in total. The number of nitrogens with zero attached hydrogens (tertiary/aromatic N) is 1. The fourth-order valence-electron chi connectivity index (χ4n) is 3.91. The zero-order valence-electron chi connectivity index (χ0n) is 16.2. The number of piperidine rings is 1. The number of hydrogen-bond donors (Lipinski definition) is 1. The molecule has 2 heteroatoms. The molecule has 1 aliphatic rings. The van der Waals surface area contributed by atoms with Crippen molar-refractivity contribution in [2.24, 2.45) is 0 Å². The van der Waals surface area contributed by atoms with Crippen LogP contribution < -0.4 is 4.90 Å². The second kappa shape index (κ2) is 8.45. The molecule has 1 atom stereocenters. The quantitative estimate of drug-likeness (QED) is 0.630. The fourth-order valence-corrected chi connectivity index (χ4v) is 3.91. The van der Waals surface area contributed by atoms with E-state index in [1.165, 1.54) is 24.9 Å². The minimum atomic E-state index is -1.17. The van der Waals surface area contributed by atoms with Gasteiger partial charge in [0.1, 0.15) is 5.60 Å². The Labute approximate surface area is 167 Å². The lowest BCUT2D eigenvalue weighted by Gasteiger charge is -2.30. The van der Waals surface area contributed by atoms with Gasteiger partial charge in [-0.2, -0.15) is 0 Å². The maximum atomic E-state index is 11.7. The van der Waals surface area contributed by atoms with E-state index in [9.17, 15) is 5.11 Å². The molecule has 0 amide bonds. The highest BCUT2D eigenvalue weighted by Crippen LogP contribution is 2.33. The molecular formula is C26H27NO. The first kappa shape index (κ1) is 18.5. The van der Waals surface area contributed by atoms with E-state index in [-0.39, 0.29) is 0 Å². The van der Waals surface area contributed by atoms with E-state index in [2.05, 4.69) is 29.2 Å². The smallest absolute Gasteiger partial charge is 0.134 e. The van der Waals surface area contributed by atoms with Crippen LogP contribution in [0.2, 0.25) is 0 Å². The van der Waals surface area contributed by atoms with Crippen molar-refractivity contribution in [2.45, 2.75) is 24.9 Å². The molecule has 1 heterocycles. The summed E-state index contributed by atoms with van der Waals surface area (Å²) in [4.78, 5) is 2.44. The molecule has 3 aromatic carbocycles. The van der Waals surface area contributed by atoms with Gasteiger partial charge in [-0.3, -0.25) is 0 Å². The number of hydrogen-bond acceptors (Lipinski definition) is 2. The molecule has 1 aliphatic heterocycles. The number of aliphatic hydroxyl groups is 1. The van der Waals surface area contributed by atoms with Crippen molar-refractivity contribution in [1.29, 1.82) is 0 Å². The van der Waals surface area contributed by atoms with Crippen molar-refractivity contribution < 1.29 is 5.11 Å². The standard InChI is InChI=1S/C26H27NO/c28-26(23-12-6-2-7-13-23,19-18-22-10-4-1-5-11-22)24-14-16-25(17-15-24)27-20-8-3-9-21-27/h1-2,4-7,10-19,28H,3,8-9,20-21H2. The van der Waals surface area contributed by atoms with Crippen molar-refractivity contribution in [3.63, 3.8) is 0 Å². The third-order valence-electron chi connectivity index (χ3n) is 5.56. The van der Waals surface area contributed by atoms with Crippen molar-refractivity contribution in [3.8, 4) is 0 Å². The van der Waals surface area contributed by atoms with Crippen LogP contribution in [0.5, 0.6) is 0 Å². The second-order valence-corrected chi connectivity index (χ2v) is 7.47. The van der Waals surface area contributed by atoms with Crippen LogP contribution in [0.1, 0.15) is 36.0 Å². The van der Waals surface area contributed by atoms with Crippen LogP contribution in [0.15, 0.2) is 91.0 Å². The number of anilines is 1. The van der Waals surface area contributed by atoms with Gasteiger partial charge >= 0.3 is 0 Å². The monoisotopic (exact) mass is 369 g/mol. The summed E-state index contributed by atoms with van der Waals surface area (Å²) in [5.41, 5.74) is 2.89. The largest absolute Gasteiger partial charge is 0.377 e. The molecule has 142 valence electrons. The zero-order valence-corrected chi connectivity index (χ0v) is 16.2. The fraction of sp³-hybridized carbons (Fsp3) is 0.231. The molecule has 1 unspecified atom stereocenters. The van der Waals surface area contributed by atoms with Crippen LogP contribution in [-0.2, 0) is 5.60 Å². The molecular weight excluding hydrogens is 342 g/mol. The Morgan fingerprint density at radius 2 is 1.25 bits per heavy atom. The highest BCUT2D eigenvalue weighted by molar-refractivity contribution is 5.56. The summed E-state index contributed by atoms with van der Waals surface area (Å²) in [6, 6.07) is 28.4. The summed E-state index contributed by atoms with van der Waals surface area (Å²) in [6.07, 6.45) is 7.73. The summed E-state index contributed by atoms with van der Waals surface area (Å²) in [5.74, 6) is 0. The predicted molar refractivity (Wildman–Crippen MR) is 117 cm³/mol. The first-order valence-corrected chi connectivity index (χ1v) is 10.1. The first-order chi connectivity index (χ1) is 13.8. The third-order valence-corrected chi connectivity index (χ3v) is 5.56. The van der Waals surface area contributed by atoms with E-state index in [0.29, 0.717) is 0 Å². The summed E-state index contributed by atoms with van der Waals surface area (Å²) < 4.78 is 0. The zero-order chi connectivity index (χ0) is 19.2. The van der Waals surface area contributed by atoms with Crippen molar-refractivity contribution in [1.82, 2.24) is 0 Å². The molecule has 1 saturated heterocycles. The number of benzene rings is 3. The molecule has 28 heavy (non-hydrogen) atoms. The van der Waals surface area contributed by atoms with Crippen LogP contribution >= 0.6 is 0 Å². The summed E-state index contributed by atoms with van der Waals surface area (Å²) in [7, 11) is 0. The summed E-state index contributed by atoms with van der Waals surface area (Å²) in [6.45, 7) is 2.24. The second-order valence-electron chi connectivity index (χ2n) is 7.47. The average Bonchev–Trinajstić information content (AvgIpc) is 2.79. The normalized spacial score (nSPS) is 16.8. The Hall–Kier alpha value is -2.84.